The average molecular weight is 675 g/mol. The lowest BCUT2D eigenvalue weighted by Crippen LogP contribution is -2.14. The van der Waals surface area contributed by atoms with Gasteiger partial charge in [0.1, 0.15) is 49.4 Å². The van der Waals surface area contributed by atoms with Crippen molar-refractivity contribution in [2.45, 2.75) is 13.2 Å². The van der Waals surface area contributed by atoms with Crippen molar-refractivity contribution in [1.82, 2.24) is 0 Å². The molecular formula is C38H42O11. The van der Waals surface area contributed by atoms with Crippen molar-refractivity contribution in [3.63, 3.8) is 0 Å². The molecule has 11 nitrogen and oxygen atoms in total. The Morgan fingerprint density at radius 1 is 0.429 bits per heavy atom. The van der Waals surface area contributed by atoms with Gasteiger partial charge in [-0.05, 0) is 35.4 Å². The van der Waals surface area contributed by atoms with Crippen LogP contribution < -0.4 is 18.9 Å². The second-order valence-electron chi connectivity index (χ2n) is 10.5. The molecule has 0 spiro atoms. The maximum atomic E-state index is 12.1. The lowest BCUT2D eigenvalue weighted by atomic mass is 10.2. The molecule has 0 saturated heterocycles. The van der Waals surface area contributed by atoms with Crippen molar-refractivity contribution >= 4 is 11.9 Å². The van der Waals surface area contributed by atoms with Crippen molar-refractivity contribution in [3.05, 3.63) is 119 Å². The van der Waals surface area contributed by atoms with Crippen LogP contribution in [-0.2, 0) is 36.9 Å². The molecule has 0 saturated carbocycles. The molecular weight excluding hydrogens is 632 g/mol. The van der Waals surface area contributed by atoms with Crippen molar-refractivity contribution in [1.29, 1.82) is 0 Å². The summed E-state index contributed by atoms with van der Waals surface area (Å²) < 4.78 is 49.8. The Morgan fingerprint density at radius 3 is 1.10 bits per heavy atom. The molecule has 0 aliphatic carbocycles. The summed E-state index contributed by atoms with van der Waals surface area (Å²) in [6.07, 6.45) is 0. The maximum Gasteiger partial charge on any atom is 0.338 e. The van der Waals surface area contributed by atoms with Crippen LogP contribution >= 0.6 is 0 Å². The van der Waals surface area contributed by atoms with Gasteiger partial charge >= 0.3 is 11.9 Å². The second kappa shape index (κ2) is 21.0. The van der Waals surface area contributed by atoms with E-state index in [0.29, 0.717) is 87.0 Å². The molecule has 0 radical (unpaired) electrons. The first-order chi connectivity index (χ1) is 24.0. The van der Waals surface area contributed by atoms with Crippen LogP contribution in [0, 0.1) is 0 Å². The fourth-order valence-electron chi connectivity index (χ4n) is 4.41. The largest absolute Gasteiger partial charge is 0.491 e. The van der Waals surface area contributed by atoms with Crippen LogP contribution in [0.5, 0.6) is 23.0 Å². The van der Waals surface area contributed by atoms with Gasteiger partial charge < -0.3 is 42.6 Å². The molecule has 0 N–H and O–H groups in total. The molecule has 0 atom stereocenters. The third-order valence-electron chi connectivity index (χ3n) is 6.84. The number of carbonyl (C=O) groups excluding carboxylic acids is 2. The Morgan fingerprint density at radius 2 is 0.755 bits per heavy atom. The smallest absolute Gasteiger partial charge is 0.338 e. The minimum Gasteiger partial charge on any atom is -0.491 e. The Bertz CT molecular complexity index is 1440. The number of ether oxygens (including phenoxy) is 9. The van der Waals surface area contributed by atoms with Crippen LogP contribution in [0.1, 0.15) is 31.8 Å². The van der Waals surface area contributed by atoms with E-state index in [0.717, 1.165) is 11.1 Å². The van der Waals surface area contributed by atoms with Gasteiger partial charge in [-0.25, -0.2) is 9.59 Å². The first kappa shape index (κ1) is 36.7. The summed E-state index contributed by atoms with van der Waals surface area (Å²) in [4.78, 5) is 24.3. The summed E-state index contributed by atoms with van der Waals surface area (Å²) in [5.41, 5.74) is 2.67. The Kier molecular flexibility index (Phi) is 15.7. The van der Waals surface area contributed by atoms with Crippen LogP contribution in [0.15, 0.2) is 97.1 Å². The van der Waals surface area contributed by atoms with E-state index < -0.39 is 11.9 Å². The summed E-state index contributed by atoms with van der Waals surface area (Å²) in [5.74, 6) is 0.972. The lowest BCUT2D eigenvalue weighted by Gasteiger charge is -2.12. The summed E-state index contributed by atoms with van der Waals surface area (Å²) >= 11 is 0. The number of rotatable bonds is 22. The summed E-state index contributed by atoms with van der Waals surface area (Å²) in [6, 6.07) is 29.4. The number of carbonyl (C=O) groups is 2. The average Bonchev–Trinajstić information content (AvgIpc) is 3.15. The predicted molar refractivity (Wildman–Crippen MR) is 181 cm³/mol. The third-order valence-corrected chi connectivity index (χ3v) is 6.84. The molecule has 0 unspecified atom stereocenters. The van der Waals surface area contributed by atoms with Crippen LogP contribution in [0.3, 0.4) is 0 Å². The molecule has 4 aromatic carbocycles. The van der Waals surface area contributed by atoms with Crippen LogP contribution in [-0.4, -0.2) is 79.0 Å². The van der Waals surface area contributed by atoms with Gasteiger partial charge in [-0.3, -0.25) is 0 Å². The highest BCUT2D eigenvalue weighted by Gasteiger charge is 2.12. The van der Waals surface area contributed by atoms with E-state index in [9.17, 15) is 9.59 Å². The number of hydrogen-bond donors (Lipinski definition) is 0. The standard InChI is InChI=1S/C38H42O11/c1-41-37(39)31-21-33(25-35(23-31)48-27-29-9-5-3-6-10-29)46-19-17-44-15-13-43-14-16-45-18-20-47-34-22-32(38(40)42-2)24-36(26-34)49-28-30-11-7-4-8-12-30/h3-12,21-26H,13-20,27-28H2,1-2H3. The topological polar surface area (TPSA) is 117 Å². The zero-order valence-electron chi connectivity index (χ0n) is 27.8. The number of esters is 2. The van der Waals surface area contributed by atoms with Gasteiger partial charge in [0.05, 0.1) is 65.0 Å². The normalized spacial score (nSPS) is 10.7. The second-order valence-corrected chi connectivity index (χ2v) is 10.5. The Labute approximate surface area is 286 Å². The van der Waals surface area contributed by atoms with E-state index in [-0.39, 0.29) is 13.2 Å². The van der Waals surface area contributed by atoms with Crippen LogP contribution in [0.4, 0.5) is 0 Å². The number of benzene rings is 4. The molecule has 4 aromatic rings. The van der Waals surface area contributed by atoms with Gasteiger partial charge in [0.2, 0.25) is 0 Å². The number of methoxy groups -OCH3 is 2. The van der Waals surface area contributed by atoms with E-state index in [1.807, 2.05) is 60.7 Å². The summed E-state index contributed by atoms with van der Waals surface area (Å²) in [7, 11) is 2.65. The maximum absolute atomic E-state index is 12.1. The molecule has 0 heterocycles. The first-order valence-electron chi connectivity index (χ1n) is 15.8. The Hall–Kier alpha value is -5.10. The minimum atomic E-state index is -0.482. The van der Waals surface area contributed by atoms with E-state index >= 15 is 0 Å². The van der Waals surface area contributed by atoms with E-state index in [1.165, 1.54) is 14.2 Å². The molecule has 4 rings (SSSR count). The first-order valence-corrected chi connectivity index (χ1v) is 15.8. The molecule has 0 amide bonds. The van der Waals surface area contributed by atoms with Gasteiger partial charge in [0.25, 0.3) is 0 Å². The molecule has 11 heteroatoms. The SMILES string of the molecule is COC(=O)c1cc(OCCOCCOCCOCCOc2cc(OCc3ccccc3)cc(C(=O)OC)c2)cc(OCc2ccccc2)c1. The zero-order valence-corrected chi connectivity index (χ0v) is 27.8. The third kappa shape index (κ3) is 13.5. The highest BCUT2D eigenvalue weighted by atomic mass is 16.6. The van der Waals surface area contributed by atoms with Gasteiger partial charge in [-0.15, -0.1) is 0 Å². The van der Waals surface area contributed by atoms with E-state index in [4.69, 9.17) is 42.6 Å². The predicted octanol–water partition coefficient (Wildman–Crippen LogP) is 5.93. The molecule has 0 fully saturated rings. The van der Waals surface area contributed by atoms with Crippen molar-refractivity contribution in [2.24, 2.45) is 0 Å². The van der Waals surface area contributed by atoms with Gasteiger partial charge in [0, 0.05) is 12.1 Å². The number of hydrogen-bond acceptors (Lipinski definition) is 11. The lowest BCUT2D eigenvalue weighted by molar-refractivity contribution is 0.00496. The molecule has 0 bridgehead atoms. The van der Waals surface area contributed by atoms with Crippen molar-refractivity contribution < 1.29 is 52.2 Å². The molecule has 0 aliphatic heterocycles. The molecule has 49 heavy (non-hydrogen) atoms. The summed E-state index contributed by atoms with van der Waals surface area (Å²) in [5, 5.41) is 0. The summed E-state index contributed by atoms with van der Waals surface area (Å²) in [6.45, 7) is 3.45. The highest BCUT2D eigenvalue weighted by molar-refractivity contribution is 5.90. The molecule has 0 aromatic heterocycles. The van der Waals surface area contributed by atoms with Crippen LogP contribution in [0.25, 0.3) is 0 Å². The van der Waals surface area contributed by atoms with Crippen LogP contribution in [0.2, 0.25) is 0 Å². The Balaban J connectivity index is 1.07. The fraction of sp³-hybridized carbons (Fsp3) is 0.316. The molecule has 0 aliphatic rings. The van der Waals surface area contributed by atoms with Gasteiger partial charge in [-0.2, -0.15) is 0 Å². The van der Waals surface area contributed by atoms with Gasteiger partial charge in [-0.1, -0.05) is 60.7 Å². The van der Waals surface area contributed by atoms with E-state index in [1.54, 1.807) is 36.4 Å². The van der Waals surface area contributed by atoms with Gasteiger partial charge in [0.15, 0.2) is 0 Å². The monoisotopic (exact) mass is 674 g/mol. The van der Waals surface area contributed by atoms with Crippen molar-refractivity contribution in [2.75, 3.05) is 67.1 Å². The molecule has 260 valence electrons. The fourth-order valence-corrected chi connectivity index (χ4v) is 4.41. The van der Waals surface area contributed by atoms with Crippen molar-refractivity contribution in [3.8, 4) is 23.0 Å². The highest BCUT2D eigenvalue weighted by Crippen LogP contribution is 2.26. The minimum absolute atomic E-state index is 0.273. The van der Waals surface area contributed by atoms with E-state index in [2.05, 4.69) is 0 Å². The zero-order chi connectivity index (χ0) is 34.5. The quantitative estimate of drug-likeness (QED) is 0.0730.